The summed E-state index contributed by atoms with van der Waals surface area (Å²) in [5, 5.41) is 6.15. The molecule has 1 aliphatic heterocycles. The monoisotopic (exact) mass is 130 g/mol. The number of hydrogen-bond donors (Lipinski definition) is 2. The first-order valence-electron chi connectivity index (χ1n) is 3.36. The van der Waals surface area contributed by atoms with Crippen LogP contribution in [0.5, 0.6) is 0 Å². The van der Waals surface area contributed by atoms with Crippen LogP contribution in [0.15, 0.2) is 0 Å². The second-order valence-electron chi connectivity index (χ2n) is 2.35. The van der Waals surface area contributed by atoms with E-state index < -0.39 is 0 Å². The van der Waals surface area contributed by atoms with Gasteiger partial charge in [0.05, 0.1) is 6.10 Å². The van der Waals surface area contributed by atoms with Crippen LogP contribution in [0.25, 0.3) is 0 Å². The van der Waals surface area contributed by atoms with Gasteiger partial charge in [-0.2, -0.15) is 0 Å². The van der Waals surface area contributed by atoms with Crippen molar-refractivity contribution in [2.75, 3.05) is 20.1 Å². The second-order valence-corrected chi connectivity index (χ2v) is 2.35. The fourth-order valence-corrected chi connectivity index (χ4v) is 0.715. The average molecular weight is 130 g/mol. The number of nitrogens with one attached hydrogen (secondary N) is 2. The van der Waals surface area contributed by atoms with E-state index in [2.05, 4.69) is 10.6 Å². The van der Waals surface area contributed by atoms with Crippen molar-refractivity contribution in [2.24, 2.45) is 0 Å². The summed E-state index contributed by atoms with van der Waals surface area (Å²) in [7, 11) is 1.90. The van der Waals surface area contributed by atoms with Gasteiger partial charge < -0.3 is 10.1 Å². The molecular weight excluding hydrogens is 116 g/mol. The second kappa shape index (κ2) is 3.15. The summed E-state index contributed by atoms with van der Waals surface area (Å²) in [5.41, 5.74) is 0. The highest BCUT2D eigenvalue weighted by Gasteiger charge is 2.18. The van der Waals surface area contributed by atoms with Crippen LogP contribution < -0.4 is 10.6 Å². The maximum Gasteiger partial charge on any atom is 0.105 e. The SMILES string of the molecule is CNC(C)OC1CNC1. The molecule has 0 radical (unpaired) electrons. The first-order chi connectivity index (χ1) is 4.33. The molecule has 1 saturated heterocycles. The molecular formula is C6H14N2O. The Morgan fingerprint density at radius 1 is 1.67 bits per heavy atom. The Hall–Kier alpha value is -0.120. The summed E-state index contributed by atoms with van der Waals surface area (Å²) in [4.78, 5) is 0. The van der Waals surface area contributed by atoms with E-state index in [9.17, 15) is 0 Å². The van der Waals surface area contributed by atoms with E-state index in [1.54, 1.807) is 0 Å². The fourth-order valence-electron chi connectivity index (χ4n) is 0.715. The minimum absolute atomic E-state index is 0.192. The highest BCUT2D eigenvalue weighted by molar-refractivity contribution is 4.75. The zero-order chi connectivity index (χ0) is 6.69. The molecule has 0 aromatic heterocycles. The van der Waals surface area contributed by atoms with Crippen molar-refractivity contribution in [3.05, 3.63) is 0 Å². The third-order valence-electron chi connectivity index (χ3n) is 1.55. The third kappa shape index (κ3) is 1.93. The molecule has 0 aromatic rings. The Balaban J connectivity index is 2.01. The van der Waals surface area contributed by atoms with Crippen LogP contribution in [0.3, 0.4) is 0 Å². The molecule has 0 amide bonds. The van der Waals surface area contributed by atoms with E-state index >= 15 is 0 Å². The quantitative estimate of drug-likeness (QED) is 0.507. The molecule has 1 fully saturated rings. The largest absolute Gasteiger partial charge is 0.358 e. The molecule has 1 rings (SSSR count). The van der Waals surface area contributed by atoms with Crippen molar-refractivity contribution in [1.29, 1.82) is 0 Å². The maximum atomic E-state index is 5.46. The predicted octanol–water partition coefficient (Wildman–Crippen LogP) is -0.460. The number of hydrogen-bond acceptors (Lipinski definition) is 3. The summed E-state index contributed by atoms with van der Waals surface area (Å²) in [6.45, 7) is 4.02. The van der Waals surface area contributed by atoms with Gasteiger partial charge in [-0.3, -0.25) is 5.32 Å². The van der Waals surface area contributed by atoms with Crippen LogP contribution in [0, 0.1) is 0 Å². The molecule has 1 heterocycles. The van der Waals surface area contributed by atoms with Crippen molar-refractivity contribution in [3.63, 3.8) is 0 Å². The van der Waals surface area contributed by atoms with Gasteiger partial charge in [-0.05, 0) is 14.0 Å². The molecule has 0 saturated carbocycles. The predicted molar refractivity (Wildman–Crippen MR) is 36.3 cm³/mol. The molecule has 54 valence electrons. The molecule has 1 unspecified atom stereocenters. The van der Waals surface area contributed by atoms with Crippen molar-refractivity contribution < 1.29 is 4.74 Å². The third-order valence-corrected chi connectivity index (χ3v) is 1.55. The standard InChI is InChI=1S/C6H14N2O/c1-5(7-2)9-6-3-8-4-6/h5-8H,3-4H2,1-2H3. The van der Waals surface area contributed by atoms with Crippen molar-refractivity contribution >= 4 is 0 Å². The summed E-state index contributed by atoms with van der Waals surface area (Å²) in [5.74, 6) is 0. The van der Waals surface area contributed by atoms with E-state index in [-0.39, 0.29) is 6.23 Å². The lowest BCUT2D eigenvalue weighted by Crippen LogP contribution is -2.51. The Morgan fingerprint density at radius 2 is 2.33 bits per heavy atom. The lowest BCUT2D eigenvalue weighted by atomic mass is 10.2. The first kappa shape index (κ1) is 6.99. The highest BCUT2D eigenvalue weighted by atomic mass is 16.5. The molecule has 2 N–H and O–H groups in total. The van der Waals surface area contributed by atoms with Crippen LogP contribution in [-0.4, -0.2) is 32.5 Å². The fraction of sp³-hybridized carbons (Fsp3) is 1.00. The van der Waals surface area contributed by atoms with Crippen LogP contribution in [0.1, 0.15) is 6.92 Å². The zero-order valence-corrected chi connectivity index (χ0v) is 5.98. The molecule has 3 nitrogen and oxygen atoms in total. The van der Waals surface area contributed by atoms with Gasteiger partial charge >= 0.3 is 0 Å². The van der Waals surface area contributed by atoms with Gasteiger partial charge in [0.1, 0.15) is 6.23 Å². The Kier molecular flexibility index (Phi) is 2.45. The molecule has 1 aliphatic rings. The van der Waals surface area contributed by atoms with Gasteiger partial charge in [-0.25, -0.2) is 0 Å². The van der Waals surface area contributed by atoms with E-state index in [1.807, 2.05) is 14.0 Å². The summed E-state index contributed by atoms with van der Waals surface area (Å²) in [6.07, 6.45) is 0.629. The van der Waals surface area contributed by atoms with E-state index in [0.29, 0.717) is 6.10 Å². The van der Waals surface area contributed by atoms with Gasteiger partial charge in [0, 0.05) is 13.1 Å². The summed E-state index contributed by atoms with van der Waals surface area (Å²) < 4.78 is 5.46. The molecule has 9 heavy (non-hydrogen) atoms. The minimum Gasteiger partial charge on any atom is -0.358 e. The Bertz CT molecular complexity index is 80.4. The number of ether oxygens (including phenoxy) is 1. The highest BCUT2D eigenvalue weighted by Crippen LogP contribution is 1.99. The van der Waals surface area contributed by atoms with E-state index in [1.165, 1.54) is 0 Å². The molecule has 0 aromatic carbocycles. The maximum absolute atomic E-state index is 5.46. The zero-order valence-electron chi connectivity index (χ0n) is 5.98. The normalized spacial score (nSPS) is 23.3. The average Bonchev–Trinajstić information content (AvgIpc) is 1.78. The summed E-state index contributed by atoms with van der Waals surface area (Å²) >= 11 is 0. The van der Waals surface area contributed by atoms with Crippen molar-refractivity contribution in [3.8, 4) is 0 Å². The Labute approximate surface area is 55.8 Å². The number of rotatable bonds is 3. The Morgan fingerprint density at radius 3 is 2.67 bits per heavy atom. The van der Waals surface area contributed by atoms with Gasteiger partial charge in [-0.15, -0.1) is 0 Å². The van der Waals surface area contributed by atoms with Gasteiger partial charge in [0.2, 0.25) is 0 Å². The van der Waals surface area contributed by atoms with E-state index in [4.69, 9.17) is 4.74 Å². The van der Waals surface area contributed by atoms with Crippen LogP contribution in [0.2, 0.25) is 0 Å². The van der Waals surface area contributed by atoms with Gasteiger partial charge in [0.25, 0.3) is 0 Å². The molecule has 3 heteroatoms. The molecule has 0 spiro atoms. The lowest BCUT2D eigenvalue weighted by molar-refractivity contribution is -0.0403. The molecule has 1 atom stereocenters. The van der Waals surface area contributed by atoms with Crippen LogP contribution >= 0.6 is 0 Å². The van der Waals surface area contributed by atoms with Crippen molar-refractivity contribution in [2.45, 2.75) is 19.3 Å². The van der Waals surface area contributed by atoms with Crippen LogP contribution in [-0.2, 0) is 4.74 Å². The molecule has 0 aliphatic carbocycles. The van der Waals surface area contributed by atoms with Gasteiger partial charge in [-0.1, -0.05) is 0 Å². The minimum atomic E-state index is 0.192. The van der Waals surface area contributed by atoms with Crippen LogP contribution in [0.4, 0.5) is 0 Å². The van der Waals surface area contributed by atoms with Gasteiger partial charge in [0.15, 0.2) is 0 Å². The van der Waals surface area contributed by atoms with Crippen molar-refractivity contribution in [1.82, 2.24) is 10.6 Å². The van der Waals surface area contributed by atoms with E-state index in [0.717, 1.165) is 13.1 Å². The topological polar surface area (TPSA) is 33.3 Å². The summed E-state index contributed by atoms with van der Waals surface area (Å²) in [6, 6.07) is 0. The lowest BCUT2D eigenvalue weighted by Gasteiger charge is -2.29. The first-order valence-corrected chi connectivity index (χ1v) is 3.36. The molecule has 0 bridgehead atoms. The smallest absolute Gasteiger partial charge is 0.105 e.